The normalized spacial score (nSPS) is 19.6. The summed E-state index contributed by atoms with van der Waals surface area (Å²) in [6.45, 7) is 2.44. The van der Waals surface area contributed by atoms with Gasteiger partial charge in [-0.1, -0.05) is 0 Å². The van der Waals surface area contributed by atoms with Crippen LogP contribution < -0.4 is 0 Å². The molecule has 1 aliphatic rings. The summed E-state index contributed by atoms with van der Waals surface area (Å²) in [7, 11) is 0. The number of aliphatic carboxylic acids is 1. The van der Waals surface area contributed by atoms with Gasteiger partial charge in [0.05, 0.1) is 6.42 Å². The predicted octanol–water partition coefficient (Wildman–Crippen LogP) is 0.797. The van der Waals surface area contributed by atoms with Crippen LogP contribution in [-0.4, -0.2) is 44.7 Å². The molecule has 2 heterocycles. The molecule has 92 valence electrons. The summed E-state index contributed by atoms with van der Waals surface area (Å²) in [4.78, 5) is 24.4. The van der Waals surface area contributed by atoms with Crippen LogP contribution in [0.1, 0.15) is 35.4 Å². The smallest absolute Gasteiger partial charge is 0.305 e. The maximum absolute atomic E-state index is 12.1. The molecule has 1 aromatic rings. The fourth-order valence-corrected chi connectivity index (χ4v) is 2.19. The minimum absolute atomic E-state index is 0.00907. The van der Waals surface area contributed by atoms with E-state index in [9.17, 15) is 9.59 Å². The summed E-state index contributed by atoms with van der Waals surface area (Å²) in [5.74, 6) is -1.05. The molecular formula is C11H15N3O3. The molecule has 6 nitrogen and oxygen atoms in total. The highest BCUT2D eigenvalue weighted by Gasteiger charge is 2.31. The molecule has 1 unspecified atom stereocenters. The number of hydrogen-bond acceptors (Lipinski definition) is 3. The third-order valence-corrected chi connectivity index (χ3v) is 2.97. The molecule has 0 aromatic carbocycles. The molecule has 0 aliphatic carbocycles. The first-order valence-electron chi connectivity index (χ1n) is 5.62. The lowest BCUT2D eigenvalue weighted by Crippen LogP contribution is -2.37. The molecule has 1 fully saturated rings. The molecular weight excluding hydrogens is 222 g/mol. The number of carbonyl (C=O) groups is 2. The van der Waals surface area contributed by atoms with Crippen molar-refractivity contribution in [2.45, 2.75) is 32.2 Å². The van der Waals surface area contributed by atoms with E-state index in [2.05, 4.69) is 10.2 Å². The molecule has 1 aromatic heterocycles. The van der Waals surface area contributed by atoms with Gasteiger partial charge >= 0.3 is 5.97 Å². The number of carboxylic acids is 1. The van der Waals surface area contributed by atoms with E-state index in [1.54, 1.807) is 11.0 Å². The zero-order chi connectivity index (χ0) is 12.4. The topological polar surface area (TPSA) is 86.3 Å². The van der Waals surface area contributed by atoms with Gasteiger partial charge in [-0.25, -0.2) is 0 Å². The molecule has 2 rings (SSSR count). The number of aromatic nitrogens is 2. The first-order valence-corrected chi connectivity index (χ1v) is 5.62. The van der Waals surface area contributed by atoms with E-state index < -0.39 is 5.97 Å². The number of carbonyl (C=O) groups excluding carboxylic acids is 1. The number of hydrogen-bond donors (Lipinski definition) is 2. The van der Waals surface area contributed by atoms with Crippen molar-refractivity contribution in [3.63, 3.8) is 0 Å². The highest BCUT2D eigenvalue weighted by Crippen LogP contribution is 2.22. The van der Waals surface area contributed by atoms with Crippen molar-refractivity contribution < 1.29 is 14.7 Å². The predicted molar refractivity (Wildman–Crippen MR) is 59.6 cm³/mol. The average Bonchev–Trinajstić information content (AvgIpc) is 2.85. The third kappa shape index (κ3) is 2.46. The van der Waals surface area contributed by atoms with Crippen LogP contribution >= 0.6 is 0 Å². The van der Waals surface area contributed by atoms with E-state index in [4.69, 9.17) is 5.11 Å². The molecule has 1 aliphatic heterocycles. The molecule has 6 heteroatoms. The summed E-state index contributed by atoms with van der Waals surface area (Å²) < 4.78 is 0. The number of nitrogens with zero attached hydrogens (tertiary/aromatic N) is 2. The Balaban J connectivity index is 2.10. The first kappa shape index (κ1) is 11.6. The maximum Gasteiger partial charge on any atom is 0.305 e. The van der Waals surface area contributed by atoms with Crippen molar-refractivity contribution in [3.05, 3.63) is 17.5 Å². The van der Waals surface area contributed by atoms with Crippen LogP contribution in [0.2, 0.25) is 0 Å². The largest absolute Gasteiger partial charge is 0.481 e. The minimum Gasteiger partial charge on any atom is -0.481 e. The van der Waals surface area contributed by atoms with Gasteiger partial charge in [0.1, 0.15) is 5.69 Å². The second-order valence-corrected chi connectivity index (χ2v) is 4.33. The van der Waals surface area contributed by atoms with Crippen LogP contribution in [0.25, 0.3) is 0 Å². The number of aryl methyl sites for hydroxylation is 1. The molecule has 17 heavy (non-hydrogen) atoms. The molecule has 1 amide bonds. The Labute approximate surface area is 98.6 Å². The molecule has 0 radical (unpaired) electrons. The Hall–Kier alpha value is -1.85. The lowest BCUT2D eigenvalue weighted by Gasteiger charge is -2.22. The maximum atomic E-state index is 12.1. The van der Waals surface area contributed by atoms with Gasteiger partial charge in [0, 0.05) is 18.3 Å². The Morgan fingerprint density at radius 1 is 1.65 bits per heavy atom. The fraction of sp³-hybridized carbons (Fsp3) is 0.545. The van der Waals surface area contributed by atoms with Crippen molar-refractivity contribution in [1.29, 1.82) is 0 Å². The van der Waals surface area contributed by atoms with E-state index in [0.717, 1.165) is 18.5 Å². The van der Waals surface area contributed by atoms with Gasteiger partial charge < -0.3 is 10.0 Å². The summed E-state index contributed by atoms with van der Waals surface area (Å²) >= 11 is 0. The van der Waals surface area contributed by atoms with Crippen LogP contribution in [0.15, 0.2) is 6.07 Å². The summed E-state index contributed by atoms with van der Waals surface area (Å²) in [5.41, 5.74) is 1.18. The van der Waals surface area contributed by atoms with E-state index in [1.807, 2.05) is 6.92 Å². The van der Waals surface area contributed by atoms with E-state index >= 15 is 0 Å². The second kappa shape index (κ2) is 4.57. The van der Waals surface area contributed by atoms with Crippen LogP contribution in [0.3, 0.4) is 0 Å². The van der Waals surface area contributed by atoms with Gasteiger partial charge in [0.25, 0.3) is 5.91 Å². The number of carboxylic acid groups (broad SMARTS) is 1. The summed E-state index contributed by atoms with van der Waals surface area (Å²) in [6, 6.07) is 1.48. The number of H-pyrrole nitrogens is 1. The van der Waals surface area contributed by atoms with Crippen LogP contribution in [0, 0.1) is 6.92 Å². The summed E-state index contributed by atoms with van der Waals surface area (Å²) in [5, 5.41) is 15.4. The Kier molecular flexibility index (Phi) is 3.12. The monoisotopic (exact) mass is 237 g/mol. The van der Waals surface area contributed by atoms with Crippen LogP contribution in [0.5, 0.6) is 0 Å². The van der Waals surface area contributed by atoms with Crippen molar-refractivity contribution >= 4 is 11.9 Å². The van der Waals surface area contributed by atoms with Crippen LogP contribution in [0.4, 0.5) is 0 Å². The number of aromatic amines is 1. The van der Waals surface area contributed by atoms with Gasteiger partial charge in [-0.15, -0.1) is 0 Å². The van der Waals surface area contributed by atoms with Gasteiger partial charge in [-0.05, 0) is 25.8 Å². The first-order chi connectivity index (χ1) is 8.08. The van der Waals surface area contributed by atoms with Crippen molar-refractivity contribution in [2.75, 3.05) is 6.54 Å². The molecule has 0 saturated carbocycles. The molecule has 1 saturated heterocycles. The third-order valence-electron chi connectivity index (χ3n) is 2.97. The van der Waals surface area contributed by atoms with Crippen molar-refractivity contribution in [3.8, 4) is 0 Å². The minimum atomic E-state index is -0.868. The Bertz CT molecular complexity index is 441. The second-order valence-electron chi connectivity index (χ2n) is 4.33. The highest BCUT2D eigenvalue weighted by molar-refractivity contribution is 5.93. The number of nitrogens with one attached hydrogen (secondary N) is 1. The summed E-state index contributed by atoms with van der Waals surface area (Å²) in [6.07, 6.45) is 1.61. The number of rotatable bonds is 3. The highest BCUT2D eigenvalue weighted by atomic mass is 16.4. The Morgan fingerprint density at radius 2 is 2.41 bits per heavy atom. The molecule has 0 spiro atoms. The zero-order valence-corrected chi connectivity index (χ0v) is 9.64. The molecule has 0 bridgehead atoms. The van der Waals surface area contributed by atoms with E-state index in [1.165, 1.54) is 0 Å². The Morgan fingerprint density at radius 3 is 3.00 bits per heavy atom. The lowest BCUT2D eigenvalue weighted by atomic mass is 10.1. The van der Waals surface area contributed by atoms with E-state index in [-0.39, 0.29) is 18.4 Å². The molecule has 1 atom stereocenters. The standard InChI is InChI=1S/C11H15N3O3/c1-7-5-9(13-12-7)11(17)14-4-2-3-8(14)6-10(15)16/h5,8H,2-4,6H2,1H3,(H,12,13)(H,15,16). The quantitative estimate of drug-likeness (QED) is 0.814. The SMILES string of the molecule is Cc1cc(C(=O)N2CCCC2CC(=O)O)n[nH]1. The number of amides is 1. The van der Waals surface area contributed by atoms with E-state index in [0.29, 0.717) is 12.2 Å². The van der Waals surface area contributed by atoms with Crippen molar-refractivity contribution in [1.82, 2.24) is 15.1 Å². The van der Waals surface area contributed by atoms with Gasteiger partial charge in [0.2, 0.25) is 0 Å². The van der Waals surface area contributed by atoms with Gasteiger partial charge in [0.15, 0.2) is 0 Å². The fourth-order valence-electron chi connectivity index (χ4n) is 2.19. The lowest BCUT2D eigenvalue weighted by molar-refractivity contribution is -0.137. The van der Waals surface area contributed by atoms with Crippen molar-refractivity contribution in [2.24, 2.45) is 0 Å². The zero-order valence-electron chi connectivity index (χ0n) is 9.64. The average molecular weight is 237 g/mol. The van der Waals surface area contributed by atoms with Crippen LogP contribution in [-0.2, 0) is 4.79 Å². The van der Waals surface area contributed by atoms with Gasteiger partial charge in [-0.2, -0.15) is 5.10 Å². The van der Waals surface area contributed by atoms with Gasteiger partial charge in [-0.3, -0.25) is 14.7 Å². The molecule has 2 N–H and O–H groups in total. The number of likely N-dealkylation sites (tertiary alicyclic amines) is 1.